The third-order valence-electron chi connectivity index (χ3n) is 6.25. The molecule has 0 unspecified atom stereocenters. The number of unbranched alkanes of at least 4 members (excludes halogenated alkanes) is 14. The molecule has 34 heavy (non-hydrogen) atoms. The molecule has 204 valence electrons. The van der Waals surface area contributed by atoms with Crippen molar-refractivity contribution < 1.29 is 24.5 Å². The van der Waals surface area contributed by atoms with Gasteiger partial charge in [0.05, 0.1) is 13.2 Å². The standard InChI is InChI=1S/C28H57NO5/c1-2-3-4-5-6-7-8-9-10-11-12-13-14-15-16-19-28(32)29(20-26-33-24-17-22-30)21-27-34-25-18-23-31/h30-31H,2-27H2,1H3. The third kappa shape index (κ3) is 24.4. The number of hydrogen-bond donors (Lipinski definition) is 2. The number of hydrogen-bond acceptors (Lipinski definition) is 5. The van der Waals surface area contributed by atoms with E-state index in [2.05, 4.69) is 6.92 Å². The Morgan fingerprint density at radius 2 is 0.941 bits per heavy atom. The number of ether oxygens (including phenoxy) is 2. The first-order valence-electron chi connectivity index (χ1n) is 14.4. The van der Waals surface area contributed by atoms with Crippen molar-refractivity contribution in [3.8, 4) is 0 Å². The van der Waals surface area contributed by atoms with Gasteiger partial charge in [-0.1, -0.05) is 96.8 Å². The quantitative estimate of drug-likeness (QED) is 0.135. The van der Waals surface area contributed by atoms with Crippen LogP contribution in [0.15, 0.2) is 0 Å². The van der Waals surface area contributed by atoms with E-state index in [-0.39, 0.29) is 19.1 Å². The van der Waals surface area contributed by atoms with Gasteiger partial charge < -0.3 is 24.6 Å². The Hall–Kier alpha value is -0.690. The highest BCUT2D eigenvalue weighted by atomic mass is 16.5. The lowest BCUT2D eigenvalue weighted by atomic mass is 10.0. The zero-order chi connectivity index (χ0) is 25.0. The molecule has 0 aromatic heterocycles. The monoisotopic (exact) mass is 487 g/mol. The van der Waals surface area contributed by atoms with Crippen molar-refractivity contribution in [1.82, 2.24) is 4.90 Å². The van der Waals surface area contributed by atoms with Gasteiger partial charge in [0.2, 0.25) is 5.91 Å². The molecule has 0 saturated heterocycles. The molecule has 0 heterocycles. The summed E-state index contributed by atoms with van der Waals surface area (Å²) in [6.07, 6.45) is 21.7. The van der Waals surface area contributed by atoms with Gasteiger partial charge in [-0.3, -0.25) is 4.79 Å². The summed E-state index contributed by atoms with van der Waals surface area (Å²) >= 11 is 0. The first-order valence-corrected chi connectivity index (χ1v) is 14.4. The van der Waals surface area contributed by atoms with Gasteiger partial charge in [-0.25, -0.2) is 0 Å². The van der Waals surface area contributed by atoms with Gasteiger partial charge in [0.1, 0.15) is 0 Å². The lowest BCUT2D eigenvalue weighted by molar-refractivity contribution is -0.133. The van der Waals surface area contributed by atoms with Gasteiger partial charge in [-0.15, -0.1) is 0 Å². The van der Waals surface area contributed by atoms with E-state index >= 15 is 0 Å². The molecular weight excluding hydrogens is 430 g/mol. The van der Waals surface area contributed by atoms with Crippen molar-refractivity contribution in [1.29, 1.82) is 0 Å². The Kier molecular flexibility index (Phi) is 28.0. The molecule has 0 radical (unpaired) electrons. The number of carbonyl (C=O) groups is 1. The van der Waals surface area contributed by atoms with E-state index in [1.165, 1.54) is 83.5 Å². The van der Waals surface area contributed by atoms with Gasteiger partial charge in [0, 0.05) is 45.9 Å². The summed E-state index contributed by atoms with van der Waals surface area (Å²) in [6, 6.07) is 0. The Morgan fingerprint density at radius 3 is 1.32 bits per heavy atom. The van der Waals surface area contributed by atoms with Crippen LogP contribution in [0.5, 0.6) is 0 Å². The van der Waals surface area contributed by atoms with E-state index in [0.29, 0.717) is 58.8 Å². The van der Waals surface area contributed by atoms with Crippen LogP contribution in [0, 0.1) is 0 Å². The number of aliphatic hydroxyl groups excluding tert-OH is 2. The van der Waals surface area contributed by atoms with Crippen LogP contribution in [0.2, 0.25) is 0 Å². The highest BCUT2D eigenvalue weighted by Crippen LogP contribution is 2.14. The molecule has 0 aliphatic heterocycles. The second-order valence-corrected chi connectivity index (χ2v) is 9.46. The van der Waals surface area contributed by atoms with Gasteiger partial charge in [0.15, 0.2) is 0 Å². The lowest BCUT2D eigenvalue weighted by Crippen LogP contribution is -2.36. The average molecular weight is 488 g/mol. The van der Waals surface area contributed by atoms with Crippen LogP contribution < -0.4 is 0 Å². The summed E-state index contributed by atoms with van der Waals surface area (Å²) < 4.78 is 11.0. The number of carbonyl (C=O) groups excluding carboxylic acids is 1. The first-order chi connectivity index (χ1) is 16.8. The van der Waals surface area contributed by atoms with Gasteiger partial charge in [-0.05, 0) is 19.3 Å². The molecular formula is C28H57NO5. The SMILES string of the molecule is CCCCCCCCCCCCCCCCCC(=O)N(CCOCCCO)CCOCCCO. The summed E-state index contributed by atoms with van der Waals surface area (Å²) in [5, 5.41) is 17.7. The number of nitrogens with zero attached hydrogens (tertiary/aromatic N) is 1. The predicted octanol–water partition coefficient (Wildman–Crippen LogP) is 5.87. The van der Waals surface area contributed by atoms with Crippen molar-refractivity contribution in [3.63, 3.8) is 0 Å². The van der Waals surface area contributed by atoms with Crippen molar-refractivity contribution in [2.45, 2.75) is 122 Å². The molecule has 1 amide bonds. The molecule has 6 heteroatoms. The highest BCUT2D eigenvalue weighted by molar-refractivity contribution is 5.76. The minimum Gasteiger partial charge on any atom is -0.396 e. The maximum absolute atomic E-state index is 12.7. The van der Waals surface area contributed by atoms with Gasteiger partial charge in [0.25, 0.3) is 0 Å². The molecule has 0 spiro atoms. The maximum atomic E-state index is 12.7. The molecule has 6 nitrogen and oxygen atoms in total. The summed E-state index contributed by atoms with van der Waals surface area (Å²) in [4.78, 5) is 14.5. The Balaban J connectivity index is 3.72. The smallest absolute Gasteiger partial charge is 0.222 e. The first kappa shape index (κ1) is 33.3. The predicted molar refractivity (Wildman–Crippen MR) is 141 cm³/mol. The summed E-state index contributed by atoms with van der Waals surface area (Å²) in [7, 11) is 0. The Labute approximate surface area is 210 Å². The van der Waals surface area contributed by atoms with E-state index < -0.39 is 0 Å². The zero-order valence-corrected chi connectivity index (χ0v) is 22.5. The summed E-state index contributed by atoms with van der Waals surface area (Å²) in [6.45, 7) is 5.66. The molecule has 0 rings (SSSR count). The molecule has 0 saturated carbocycles. The molecule has 0 bridgehead atoms. The van der Waals surface area contributed by atoms with Crippen LogP contribution in [-0.2, 0) is 14.3 Å². The average Bonchev–Trinajstić information content (AvgIpc) is 2.84. The number of rotatable bonds is 28. The highest BCUT2D eigenvalue weighted by Gasteiger charge is 2.13. The molecule has 0 aromatic carbocycles. The fourth-order valence-corrected chi connectivity index (χ4v) is 4.05. The second kappa shape index (κ2) is 28.5. The second-order valence-electron chi connectivity index (χ2n) is 9.46. The van der Waals surface area contributed by atoms with Crippen LogP contribution in [-0.4, -0.2) is 73.8 Å². The minimum atomic E-state index is 0.126. The number of amides is 1. The maximum Gasteiger partial charge on any atom is 0.222 e. The largest absolute Gasteiger partial charge is 0.396 e. The van der Waals surface area contributed by atoms with Crippen molar-refractivity contribution in [2.75, 3.05) is 52.7 Å². The molecule has 0 aliphatic rings. The van der Waals surface area contributed by atoms with E-state index in [9.17, 15) is 4.79 Å². The van der Waals surface area contributed by atoms with E-state index in [1.54, 1.807) is 0 Å². The summed E-state index contributed by atoms with van der Waals surface area (Å²) in [5.41, 5.74) is 0. The van der Waals surface area contributed by atoms with Crippen molar-refractivity contribution in [3.05, 3.63) is 0 Å². The van der Waals surface area contributed by atoms with Crippen LogP contribution >= 0.6 is 0 Å². The molecule has 0 aromatic rings. The van der Waals surface area contributed by atoms with E-state index in [1.807, 2.05) is 4.90 Å². The van der Waals surface area contributed by atoms with E-state index in [0.717, 1.165) is 12.8 Å². The van der Waals surface area contributed by atoms with Crippen molar-refractivity contribution >= 4 is 5.91 Å². The van der Waals surface area contributed by atoms with Crippen LogP contribution in [0.25, 0.3) is 0 Å². The fraction of sp³-hybridized carbons (Fsp3) is 0.964. The molecule has 0 fully saturated rings. The zero-order valence-electron chi connectivity index (χ0n) is 22.5. The van der Waals surface area contributed by atoms with E-state index in [4.69, 9.17) is 19.7 Å². The Bertz CT molecular complexity index is 394. The molecule has 0 aliphatic carbocycles. The minimum absolute atomic E-state index is 0.126. The van der Waals surface area contributed by atoms with Crippen molar-refractivity contribution in [2.24, 2.45) is 0 Å². The van der Waals surface area contributed by atoms with Gasteiger partial charge in [-0.2, -0.15) is 0 Å². The van der Waals surface area contributed by atoms with Gasteiger partial charge >= 0.3 is 0 Å². The third-order valence-corrected chi connectivity index (χ3v) is 6.25. The molecule has 0 atom stereocenters. The van der Waals surface area contributed by atoms with Crippen LogP contribution in [0.3, 0.4) is 0 Å². The molecule has 2 N–H and O–H groups in total. The topological polar surface area (TPSA) is 79.2 Å². The lowest BCUT2D eigenvalue weighted by Gasteiger charge is -2.23. The van der Waals surface area contributed by atoms with Crippen LogP contribution in [0.1, 0.15) is 122 Å². The van der Waals surface area contributed by atoms with Crippen LogP contribution in [0.4, 0.5) is 0 Å². The fourth-order valence-electron chi connectivity index (χ4n) is 4.05. The number of aliphatic hydroxyl groups is 2. The Morgan fingerprint density at radius 1 is 0.559 bits per heavy atom. The summed E-state index contributed by atoms with van der Waals surface area (Å²) in [5.74, 6) is 0.172. The normalized spacial score (nSPS) is 11.3.